The summed E-state index contributed by atoms with van der Waals surface area (Å²) in [5.74, 6) is -0.283. The SMILES string of the molecule is CC(C)C(=O)Oc1cccc(OC(=O)C(C)C)c1. The molecule has 18 heavy (non-hydrogen) atoms. The molecule has 0 aromatic heterocycles. The van der Waals surface area contributed by atoms with Crippen LogP contribution in [0.1, 0.15) is 27.7 Å². The lowest BCUT2D eigenvalue weighted by Gasteiger charge is -2.09. The zero-order valence-electron chi connectivity index (χ0n) is 11.1. The number of carbonyl (C=O) groups excluding carboxylic acids is 2. The van der Waals surface area contributed by atoms with E-state index in [2.05, 4.69) is 0 Å². The van der Waals surface area contributed by atoms with Gasteiger partial charge in [0.05, 0.1) is 11.8 Å². The van der Waals surface area contributed by atoms with Crippen molar-refractivity contribution in [3.63, 3.8) is 0 Å². The fourth-order valence-corrected chi connectivity index (χ4v) is 1.07. The van der Waals surface area contributed by atoms with Crippen molar-refractivity contribution in [2.24, 2.45) is 11.8 Å². The highest BCUT2D eigenvalue weighted by Crippen LogP contribution is 2.21. The topological polar surface area (TPSA) is 52.6 Å². The van der Waals surface area contributed by atoms with E-state index in [1.165, 1.54) is 6.07 Å². The summed E-state index contributed by atoms with van der Waals surface area (Å²) in [6, 6.07) is 6.49. The third-order valence-corrected chi connectivity index (χ3v) is 2.19. The molecule has 0 heterocycles. The normalized spacial score (nSPS) is 10.6. The second-order valence-electron chi connectivity index (χ2n) is 4.63. The summed E-state index contributed by atoms with van der Waals surface area (Å²) in [6.45, 7) is 7.02. The van der Waals surface area contributed by atoms with Crippen LogP contribution in [0.4, 0.5) is 0 Å². The van der Waals surface area contributed by atoms with Gasteiger partial charge in [0, 0.05) is 6.07 Å². The molecule has 0 saturated carbocycles. The summed E-state index contributed by atoms with van der Waals surface area (Å²) < 4.78 is 10.3. The van der Waals surface area contributed by atoms with Crippen molar-refractivity contribution in [1.82, 2.24) is 0 Å². The van der Waals surface area contributed by atoms with E-state index in [0.29, 0.717) is 11.5 Å². The highest BCUT2D eigenvalue weighted by molar-refractivity contribution is 5.75. The van der Waals surface area contributed by atoms with Crippen LogP contribution in [-0.4, -0.2) is 11.9 Å². The molecule has 0 unspecified atom stereocenters. The average molecular weight is 250 g/mol. The van der Waals surface area contributed by atoms with Gasteiger partial charge >= 0.3 is 11.9 Å². The van der Waals surface area contributed by atoms with Crippen molar-refractivity contribution >= 4 is 11.9 Å². The maximum absolute atomic E-state index is 11.4. The first-order chi connectivity index (χ1) is 8.40. The highest BCUT2D eigenvalue weighted by Gasteiger charge is 2.12. The molecule has 0 spiro atoms. The molecular formula is C14H18O4. The first-order valence-electron chi connectivity index (χ1n) is 5.93. The molecule has 1 aromatic rings. The minimum atomic E-state index is -0.317. The van der Waals surface area contributed by atoms with Gasteiger partial charge in [0.15, 0.2) is 0 Å². The lowest BCUT2D eigenvalue weighted by atomic mass is 10.2. The first-order valence-corrected chi connectivity index (χ1v) is 5.93. The molecule has 1 rings (SSSR count). The van der Waals surface area contributed by atoms with Crippen molar-refractivity contribution in [1.29, 1.82) is 0 Å². The largest absolute Gasteiger partial charge is 0.426 e. The lowest BCUT2D eigenvalue weighted by Crippen LogP contribution is -2.16. The fourth-order valence-electron chi connectivity index (χ4n) is 1.07. The van der Waals surface area contributed by atoms with E-state index in [4.69, 9.17) is 9.47 Å². The summed E-state index contributed by atoms with van der Waals surface area (Å²) in [5, 5.41) is 0. The maximum Gasteiger partial charge on any atom is 0.313 e. The van der Waals surface area contributed by atoms with Crippen LogP contribution < -0.4 is 9.47 Å². The number of esters is 2. The zero-order valence-corrected chi connectivity index (χ0v) is 11.1. The van der Waals surface area contributed by atoms with Gasteiger partial charge in [-0.15, -0.1) is 0 Å². The predicted molar refractivity (Wildman–Crippen MR) is 67.4 cm³/mol. The fraction of sp³-hybridized carbons (Fsp3) is 0.429. The summed E-state index contributed by atoms with van der Waals surface area (Å²) in [7, 11) is 0. The molecule has 0 N–H and O–H groups in total. The molecule has 1 aromatic carbocycles. The first kappa shape index (κ1) is 14.2. The Morgan fingerprint density at radius 1 is 0.889 bits per heavy atom. The van der Waals surface area contributed by atoms with Crippen molar-refractivity contribution in [2.45, 2.75) is 27.7 Å². The summed E-state index contributed by atoms with van der Waals surface area (Å²) in [4.78, 5) is 22.8. The number of hydrogen-bond donors (Lipinski definition) is 0. The summed E-state index contributed by atoms with van der Waals surface area (Å²) in [6.07, 6.45) is 0. The Bertz CT molecular complexity index is 398. The van der Waals surface area contributed by atoms with Gasteiger partial charge in [0.1, 0.15) is 11.5 Å². The maximum atomic E-state index is 11.4. The summed E-state index contributed by atoms with van der Waals surface area (Å²) in [5.41, 5.74) is 0. The lowest BCUT2D eigenvalue weighted by molar-refractivity contribution is -0.138. The Balaban J connectivity index is 2.74. The molecule has 0 fully saturated rings. The van der Waals surface area contributed by atoms with Gasteiger partial charge in [-0.05, 0) is 12.1 Å². The standard InChI is InChI=1S/C14H18O4/c1-9(2)13(15)17-11-6-5-7-12(8-11)18-14(16)10(3)4/h5-10H,1-4H3. The van der Waals surface area contributed by atoms with E-state index in [9.17, 15) is 9.59 Å². The minimum Gasteiger partial charge on any atom is -0.426 e. The van der Waals surface area contributed by atoms with Gasteiger partial charge in [0.25, 0.3) is 0 Å². The smallest absolute Gasteiger partial charge is 0.313 e. The predicted octanol–water partition coefficient (Wildman–Crippen LogP) is 2.81. The third kappa shape index (κ3) is 4.20. The van der Waals surface area contributed by atoms with E-state index in [0.717, 1.165) is 0 Å². The summed E-state index contributed by atoms with van der Waals surface area (Å²) >= 11 is 0. The zero-order chi connectivity index (χ0) is 13.7. The van der Waals surface area contributed by atoms with Gasteiger partial charge in [-0.25, -0.2) is 0 Å². The van der Waals surface area contributed by atoms with Crippen LogP contribution >= 0.6 is 0 Å². The quantitative estimate of drug-likeness (QED) is 0.609. The van der Waals surface area contributed by atoms with Crippen LogP contribution in [0.3, 0.4) is 0 Å². The van der Waals surface area contributed by atoms with Crippen molar-refractivity contribution in [3.05, 3.63) is 24.3 Å². The molecule has 0 aliphatic rings. The van der Waals surface area contributed by atoms with Crippen LogP contribution in [0.2, 0.25) is 0 Å². The molecular weight excluding hydrogens is 232 g/mol. The van der Waals surface area contributed by atoms with Gasteiger partial charge in [-0.1, -0.05) is 33.8 Å². The molecule has 0 atom stereocenters. The van der Waals surface area contributed by atoms with Crippen LogP contribution in [0, 0.1) is 11.8 Å². The Labute approximate surface area is 107 Å². The Morgan fingerprint density at radius 2 is 1.28 bits per heavy atom. The number of rotatable bonds is 4. The molecule has 98 valence electrons. The Hall–Kier alpha value is -1.84. The number of benzene rings is 1. The molecule has 0 amide bonds. The van der Waals surface area contributed by atoms with E-state index in [1.807, 2.05) is 0 Å². The number of ether oxygens (including phenoxy) is 2. The second kappa shape index (κ2) is 6.19. The van der Waals surface area contributed by atoms with Crippen molar-refractivity contribution in [3.8, 4) is 11.5 Å². The van der Waals surface area contributed by atoms with E-state index >= 15 is 0 Å². The molecule has 0 aliphatic heterocycles. The van der Waals surface area contributed by atoms with E-state index < -0.39 is 0 Å². The van der Waals surface area contributed by atoms with Crippen molar-refractivity contribution in [2.75, 3.05) is 0 Å². The Kier molecular flexibility index (Phi) is 4.89. The van der Waals surface area contributed by atoms with E-state index in [-0.39, 0.29) is 23.8 Å². The molecule has 4 nitrogen and oxygen atoms in total. The van der Waals surface area contributed by atoms with Crippen LogP contribution in [0.25, 0.3) is 0 Å². The van der Waals surface area contributed by atoms with Crippen LogP contribution in [0.5, 0.6) is 11.5 Å². The highest BCUT2D eigenvalue weighted by atomic mass is 16.5. The molecule has 4 heteroatoms. The molecule has 0 saturated heterocycles. The number of carbonyl (C=O) groups is 2. The van der Waals surface area contributed by atoms with Gasteiger partial charge in [-0.3, -0.25) is 9.59 Å². The average Bonchev–Trinajstić information content (AvgIpc) is 2.29. The molecule has 0 bridgehead atoms. The monoisotopic (exact) mass is 250 g/mol. The third-order valence-electron chi connectivity index (χ3n) is 2.19. The van der Waals surface area contributed by atoms with Gasteiger partial charge in [-0.2, -0.15) is 0 Å². The Morgan fingerprint density at radius 3 is 1.61 bits per heavy atom. The van der Waals surface area contributed by atoms with Crippen LogP contribution in [0.15, 0.2) is 24.3 Å². The van der Waals surface area contributed by atoms with Gasteiger partial charge < -0.3 is 9.47 Å². The van der Waals surface area contributed by atoms with E-state index in [1.54, 1.807) is 45.9 Å². The van der Waals surface area contributed by atoms with Crippen LogP contribution in [-0.2, 0) is 9.59 Å². The number of hydrogen-bond acceptors (Lipinski definition) is 4. The molecule has 0 aliphatic carbocycles. The minimum absolute atomic E-state index is 0.202. The van der Waals surface area contributed by atoms with Gasteiger partial charge in [0.2, 0.25) is 0 Å². The van der Waals surface area contributed by atoms with Crippen molar-refractivity contribution < 1.29 is 19.1 Å². The molecule has 0 radical (unpaired) electrons. The second-order valence-corrected chi connectivity index (χ2v) is 4.63.